The Morgan fingerprint density at radius 1 is 1.47 bits per heavy atom. The molecule has 0 spiro atoms. The van der Waals surface area contributed by atoms with Crippen LogP contribution in [0.1, 0.15) is 26.7 Å². The van der Waals surface area contributed by atoms with Crippen LogP contribution in [0.4, 0.5) is 0 Å². The third-order valence-corrected chi connectivity index (χ3v) is 4.91. The van der Waals surface area contributed by atoms with E-state index < -0.39 is 0 Å². The van der Waals surface area contributed by atoms with Crippen LogP contribution < -0.4 is 5.32 Å². The SMILES string of the molecule is CCC[C@H](C)NC(=O)CSc1nc2ccccc2s1. The number of fused-ring (bicyclic) bond motifs is 1. The number of para-hydroxylation sites is 1. The summed E-state index contributed by atoms with van der Waals surface area (Å²) >= 11 is 3.15. The monoisotopic (exact) mass is 294 g/mol. The summed E-state index contributed by atoms with van der Waals surface area (Å²) in [6.07, 6.45) is 2.12. The molecule has 1 amide bonds. The molecule has 2 aromatic rings. The molecule has 3 nitrogen and oxygen atoms in total. The van der Waals surface area contributed by atoms with Gasteiger partial charge >= 0.3 is 0 Å². The maximum atomic E-state index is 11.8. The Kier molecular flexibility index (Phi) is 5.22. The molecule has 1 atom stereocenters. The van der Waals surface area contributed by atoms with Crippen molar-refractivity contribution in [2.75, 3.05) is 5.75 Å². The Balaban J connectivity index is 1.86. The van der Waals surface area contributed by atoms with Gasteiger partial charge in [-0.15, -0.1) is 11.3 Å². The van der Waals surface area contributed by atoms with Crippen LogP contribution in [0.15, 0.2) is 28.6 Å². The Hall–Kier alpha value is -1.07. The number of hydrogen-bond donors (Lipinski definition) is 1. The highest BCUT2D eigenvalue weighted by atomic mass is 32.2. The van der Waals surface area contributed by atoms with Crippen molar-refractivity contribution in [3.63, 3.8) is 0 Å². The molecule has 1 N–H and O–H groups in total. The average Bonchev–Trinajstić information content (AvgIpc) is 2.79. The quantitative estimate of drug-likeness (QED) is 0.826. The normalized spacial score (nSPS) is 12.5. The number of benzene rings is 1. The second-order valence-electron chi connectivity index (χ2n) is 4.49. The van der Waals surface area contributed by atoms with Crippen molar-refractivity contribution < 1.29 is 4.79 Å². The number of nitrogens with one attached hydrogen (secondary N) is 1. The van der Waals surface area contributed by atoms with Crippen LogP contribution in [0.2, 0.25) is 0 Å². The smallest absolute Gasteiger partial charge is 0.230 e. The summed E-state index contributed by atoms with van der Waals surface area (Å²) in [4.78, 5) is 16.3. The molecule has 1 heterocycles. The van der Waals surface area contributed by atoms with Gasteiger partial charge < -0.3 is 5.32 Å². The van der Waals surface area contributed by atoms with E-state index in [1.54, 1.807) is 11.3 Å². The zero-order valence-electron chi connectivity index (χ0n) is 11.2. The van der Waals surface area contributed by atoms with Crippen LogP contribution in [0.5, 0.6) is 0 Å². The van der Waals surface area contributed by atoms with E-state index in [0.717, 1.165) is 22.7 Å². The van der Waals surface area contributed by atoms with Gasteiger partial charge in [0, 0.05) is 6.04 Å². The number of thioether (sulfide) groups is 1. The highest BCUT2D eigenvalue weighted by molar-refractivity contribution is 8.01. The molecule has 0 aliphatic carbocycles. The third-order valence-electron chi connectivity index (χ3n) is 2.73. The van der Waals surface area contributed by atoms with E-state index in [1.165, 1.54) is 16.5 Å². The topological polar surface area (TPSA) is 42.0 Å². The van der Waals surface area contributed by atoms with Crippen LogP contribution >= 0.6 is 23.1 Å². The average molecular weight is 294 g/mol. The molecule has 0 radical (unpaired) electrons. The van der Waals surface area contributed by atoms with E-state index in [9.17, 15) is 4.79 Å². The Labute approximate surface area is 121 Å². The molecule has 0 unspecified atom stereocenters. The second-order valence-corrected chi connectivity index (χ2v) is 6.75. The summed E-state index contributed by atoms with van der Waals surface area (Å²) in [7, 11) is 0. The molecule has 0 saturated carbocycles. The summed E-state index contributed by atoms with van der Waals surface area (Å²) in [5, 5.41) is 3.00. The van der Waals surface area contributed by atoms with E-state index in [1.807, 2.05) is 25.1 Å². The van der Waals surface area contributed by atoms with Crippen LogP contribution in [-0.2, 0) is 4.79 Å². The molecular formula is C14H18N2OS2. The van der Waals surface area contributed by atoms with Crippen molar-refractivity contribution >= 4 is 39.2 Å². The number of hydrogen-bond acceptors (Lipinski definition) is 4. The molecule has 5 heteroatoms. The molecular weight excluding hydrogens is 276 g/mol. The first-order valence-electron chi connectivity index (χ1n) is 6.46. The number of rotatable bonds is 6. The fraction of sp³-hybridized carbons (Fsp3) is 0.429. The molecule has 0 saturated heterocycles. The summed E-state index contributed by atoms with van der Waals surface area (Å²) in [5.74, 6) is 0.527. The van der Waals surface area contributed by atoms with Gasteiger partial charge in [0.25, 0.3) is 0 Å². The van der Waals surface area contributed by atoms with E-state index in [0.29, 0.717) is 5.75 Å². The molecule has 2 rings (SSSR count). The molecule has 0 aliphatic heterocycles. The Morgan fingerprint density at radius 2 is 2.26 bits per heavy atom. The lowest BCUT2D eigenvalue weighted by Crippen LogP contribution is -2.33. The zero-order valence-corrected chi connectivity index (χ0v) is 12.8. The maximum Gasteiger partial charge on any atom is 0.230 e. The standard InChI is InChI=1S/C14H18N2OS2/c1-3-6-10(2)15-13(17)9-18-14-16-11-7-4-5-8-12(11)19-14/h4-5,7-8,10H,3,6,9H2,1-2H3,(H,15,17)/t10-/m0/s1. The largest absolute Gasteiger partial charge is 0.353 e. The van der Waals surface area contributed by atoms with Crippen LogP contribution in [0.3, 0.4) is 0 Å². The number of amides is 1. The lowest BCUT2D eigenvalue weighted by molar-refractivity contribution is -0.119. The molecule has 0 bridgehead atoms. The van der Waals surface area contributed by atoms with Crippen molar-refractivity contribution in [1.82, 2.24) is 10.3 Å². The Morgan fingerprint density at radius 3 is 3.00 bits per heavy atom. The fourth-order valence-corrected chi connectivity index (χ4v) is 3.74. The van der Waals surface area contributed by atoms with Gasteiger partial charge in [0.15, 0.2) is 4.34 Å². The number of carbonyl (C=O) groups is 1. The third kappa shape index (κ3) is 4.21. The van der Waals surface area contributed by atoms with Gasteiger partial charge in [0.1, 0.15) is 0 Å². The molecule has 0 fully saturated rings. The predicted molar refractivity (Wildman–Crippen MR) is 82.9 cm³/mol. The number of thiazole rings is 1. The number of carbonyl (C=O) groups excluding carboxylic acids is 1. The maximum absolute atomic E-state index is 11.8. The van der Waals surface area contributed by atoms with Gasteiger partial charge in [-0.2, -0.15) is 0 Å². The van der Waals surface area contributed by atoms with E-state index in [4.69, 9.17) is 0 Å². The van der Waals surface area contributed by atoms with Gasteiger partial charge in [0.05, 0.1) is 16.0 Å². The second kappa shape index (κ2) is 6.91. The van der Waals surface area contributed by atoms with Crippen molar-refractivity contribution in [2.45, 2.75) is 37.1 Å². The molecule has 0 aliphatic rings. The number of nitrogens with zero attached hydrogens (tertiary/aromatic N) is 1. The lowest BCUT2D eigenvalue weighted by atomic mass is 10.2. The van der Waals surface area contributed by atoms with E-state index in [2.05, 4.69) is 23.3 Å². The summed E-state index contributed by atoms with van der Waals surface area (Å²) in [6.45, 7) is 4.17. The van der Waals surface area contributed by atoms with Crippen LogP contribution in [-0.4, -0.2) is 22.7 Å². The van der Waals surface area contributed by atoms with Gasteiger partial charge in [-0.05, 0) is 25.5 Å². The summed E-state index contributed by atoms with van der Waals surface area (Å²) < 4.78 is 2.13. The predicted octanol–water partition coefficient (Wildman–Crippen LogP) is 3.69. The first kappa shape index (κ1) is 14.3. The van der Waals surface area contributed by atoms with Gasteiger partial charge in [-0.25, -0.2) is 4.98 Å². The van der Waals surface area contributed by atoms with E-state index in [-0.39, 0.29) is 11.9 Å². The minimum absolute atomic E-state index is 0.0882. The van der Waals surface area contributed by atoms with Crippen molar-refractivity contribution in [1.29, 1.82) is 0 Å². The van der Waals surface area contributed by atoms with Crippen LogP contribution in [0, 0.1) is 0 Å². The minimum Gasteiger partial charge on any atom is -0.353 e. The lowest BCUT2D eigenvalue weighted by Gasteiger charge is -2.11. The number of aromatic nitrogens is 1. The first-order chi connectivity index (χ1) is 9.19. The highest BCUT2D eigenvalue weighted by Gasteiger charge is 2.09. The van der Waals surface area contributed by atoms with Crippen LogP contribution in [0.25, 0.3) is 10.2 Å². The Bertz CT molecular complexity index is 520. The minimum atomic E-state index is 0.0882. The van der Waals surface area contributed by atoms with Crippen molar-refractivity contribution in [2.24, 2.45) is 0 Å². The van der Waals surface area contributed by atoms with Gasteiger partial charge in [0.2, 0.25) is 5.91 Å². The zero-order chi connectivity index (χ0) is 13.7. The fourth-order valence-electron chi connectivity index (χ4n) is 1.86. The van der Waals surface area contributed by atoms with Gasteiger partial charge in [-0.1, -0.05) is 37.2 Å². The van der Waals surface area contributed by atoms with Crippen molar-refractivity contribution in [3.05, 3.63) is 24.3 Å². The first-order valence-corrected chi connectivity index (χ1v) is 8.27. The van der Waals surface area contributed by atoms with Gasteiger partial charge in [-0.3, -0.25) is 4.79 Å². The van der Waals surface area contributed by atoms with E-state index >= 15 is 0 Å². The van der Waals surface area contributed by atoms with Crippen molar-refractivity contribution in [3.8, 4) is 0 Å². The molecule has 1 aromatic heterocycles. The molecule has 19 heavy (non-hydrogen) atoms. The molecule has 102 valence electrons. The molecule has 1 aromatic carbocycles. The summed E-state index contributed by atoms with van der Waals surface area (Å²) in [6, 6.07) is 8.30. The summed E-state index contributed by atoms with van der Waals surface area (Å²) in [5.41, 5.74) is 1.01. The highest BCUT2D eigenvalue weighted by Crippen LogP contribution is 2.28.